The summed E-state index contributed by atoms with van der Waals surface area (Å²) in [5.74, 6) is 0.891. The fourth-order valence-electron chi connectivity index (χ4n) is 0.923. The molecular formula is C7H11N3O2. The normalized spacial score (nSPS) is 9.75. The van der Waals surface area contributed by atoms with E-state index in [0.717, 1.165) is 5.82 Å². The van der Waals surface area contributed by atoms with Gasteiger partial charge in [-0.2, -0.15) is 0 Å². The molecule has 0 radical (unpaired) electrons. The van der Waals surface area contributed by atoms with Gasteiger partial charge in [0.15, 0.2) is 0 Å². The molecular weight excluding hydrogens is 158 g/mol. The second-order valence-electron chi connectivity index (χ2n) is 2.40. The Bertz CT molecular complexity index is 269. The fourth-order valence-corrected chi connectivity index (χ4v) is 0.923. The molecule has 1 aromatic rings. The van der Waals surface area contributed by atoms with Crippen molar-refractivity contribution in [2.75, 3.05) is 6.54 Å². The number of aryl methyl sites for hydroxylation is 1. The van der Waals surface area contributed by atoms with E-state index in [1.807, 2.05) is 17.7 Å². The monoisotopic (exact) mass is 169 g/mol. The third-order valence-corrected chi connectivity index (χ3v) is 1.55. The first-order valence-corrected chi connectivity index (χ1v) is 3.64. The Hall–Kier alpha value is -1.52. The summed E-state index contributed by atoms with van der Waals surface area (Å²) in [6.07, 6.45) is 2.52. The van der Waals surface area contributed by atoms with Crippen molar-refractivity contribution in [3.63, 3.8) is 0 Å². The zero-order valence-corrected chi connectivity index (χ0v) is 6.82. The Balaban J connectivity index is 2.33. The lowest BCUT2D eigenvalue weighted by atomic mass is 10.5. The molecule has 0 aromatic carbocycles. The lowest BCUT2D eigenvalue weighted by Crippen LogP contribution is -2.25. The molecule has 66 valence electrons. The highest BCUT2D eigenvalue weighted by molar-refractivity contribution is 5.64. The first-order chi connectivity index (χ1) is 5.70. The molecule has 0 fully saturated rings. The van der Waals surface area contributed by atoms with E-state index in [9.17, 15) is 4.79 Å². The molecule has 5 heteroatoms. The molecule has 0 aliphatic rings. The molecule has 0 saturated heterocycles. The van der Waals surface area contributed by atoms with Crippen LogP contribution in [0.5, 0.6) is 0 Å². The molecule has 1 amide bonds. The van der Waals surface area contributed by atoms with Gasteiger partial charge in [0.25, 0.3) is 0 Å². The third kappa shape index (κ3) is 2.26. The van der Waals surface area contributed by atoms with Gasteiger partial charge in [-0.05, 0) is 6.92 Å². The fraction of sp³-hybridized carbons (Fsp3) is 0.429. The van der Waals surface area contributed by atoms with Crippen molar-refractivity contribution < 1.29 is 9.90 Å². The topological polar surface area (TPSA) is 67.2 Å². The van der Waals surface area contributed by atoms with Gasteiger partial charge in [0, 0.05) is 25.5 Å². The van der Waals surface area contributed by atoms with Crippen LogP contribution in [0.3, 0.4) is 0 Å². The van der Waals surface area contributed by atoms with Gasteiger partial charge in [-0.25, -0.2) is 9.78 Å². The first kappa shape index (κ1) is 8.58. The van der Waals surface area contributed by atoms with Gasteiger partial charge in [0.1, 0.15) is 5.82 Å². The quantitative estimate of drug-likeness (QED) is 0.690. The minimum Gasteiger partial charge on any atom is -0.465 e. The van der Waals surface area contributed by atoms with Gasteiger partial charge in [-0.3, -0.25) is 0 Å². The number of nitrogens with zero attached hydrogens (tertiary/aromatic N) is 2. The highest BCUT2D eigenvalue weighted by Gasteiger charge is 1.97. The summed E-state index contributed by atoms with van der Waals surface area (Å²) in [5, 5.41) is 10.6. The summed E-state index contributed by atoms with van der Waals surface area (Å²) in [4.78, 5) is 14.1. The minimum atomic E-state index is -0.993. The number of carboxylic acid groups (broad SMARTS) is 1. The van der Waals surface area contributed by atoms with Gasteiger partial charge >= 0.3 is 6.09 Å². The van der Waals surface area contributed by atoms with E-state index in [2.05, 4.69) is 10.3 Å². The summed E-state index contributed by atoms with van der Waals surface area (Å²) in [6.45, 7) is 2.91. The first-order valence-electron chi connectivity index (χ1n) is 3.64. The van der Waals surface area contributed by atoms with E-state index >= 15 is 0 Å². The summed E-state index contributed by atoms with van der Waals surface area (Å²) >= 11 is 0. The second kappa shape index (κ2) is 3.75. The van der Waals surface area contributed by atoms with Crippen LogP contribution in [0.4, 0.5) is 4.79 Å². The van der Waals surface area contributed by atoms with Crippen LogP contribution in [0.2, 0.25) is 0 Å². The van der Waals surface area contributed by atoms with Crippen LogP contribution in [-0.4, -0.2) is 27.3 Å². The number of nitrogens with one attached hydrogen (secondary N) is 1. The predicted octanol–water partition coefficient (Wildman–Crippen LogP) is 0.459. The van der Waals surface area contributed by atoms with Gasteiger partial charge in [-0.15, -0.1) is 0 Å². The van der Waals surface area contributed by atoms with E-state index in [1.165, 1.54) is 0 Å². The molecule has 1 aromatic heterocycles. The summed E-state index contributed by atoms with van der Waals surface area (Å²) in [6, 6.07) is 0. The average molecular weight is 169 g/mol. The molecule has 0 saturated carbocycles. The molecule has 0 aliphatic heterocycles. The Labute approximate surface area is 70.0 Å². The smallest absolute Gasteiger partial charge is 0.404 e. The predicted molar refractivity (Wildman–Crippen MR) is 43.0 cm³/mol. The van der Waals surface area contributed by atoms with E-state index in [0.29, 0.717) is 13.1 Å². The van der Waals surface area contributed by atoms with Gasteiger partial charge in [0.05, 0.1) is 0 Å². The van der Waals surface area contributed by atoms with Gasteiger partial charge in [0.2, 0.25) is 0 Å². The van der Waals surface area contributed by atoms with E-state index < -0.39 is 6.09 Å². The van der Waals surface area contributed by atoms with Crippen LogP contribution >= 0.6 is 0 Å². The second-order valence-corrected chi connectivity index (χ2v) is 2.40. The third-order valence-electron chi connectivity index (χ3n) is 1.55. The zero-order valence-electron chi connectivity index (χ0n) is 6.82. The standard InChI is InChI=1S/C7H11N3O2/c1-6-8-2-4-10(6)5-3-9-7(11)12/h2,4,9H,3,5H2,1H3,(H,11,12). The maximum Gasteiger partial charge on any atom is 0.404 e. The van der Waals surface area contributed by atoms with Crippen LogP contribution in [0.15, 0.2) is 12.4 Å². The Morgan fingerprint density at radius 3 is 3.08 bits per heavy atom. The van der Waals surface area contributed by atoms with Crippen LogP contribution in [-0.2, 0) is 6.54 Å². The number of hydrogen-bond acceptors (Lipinski definition) is 2. The maximum absolute atomic E-state index is 10.1. The summed E-state index contributed by atoms with van der Waals surface area (Å²) < 4.78 is 1.88. The van der Waals surface area contributed by atoms with Crippen molar-refractivity contribution in [1.82, 2.24) is 14.9 Å². The van der Waals surface area contributed by atoms with Crippen molar-refractivity contribution in [2.24, 2.45) is 0 Å². The number of imidazole rings is 1. The number of amides is 1. The van der Waals surface area contributed by atoms with E-state index in [-0.39, 0.29) is 0 Å². The Morgan fingerprint density at radius 1 is 1.83 bits per heavy atom. The lowest BCUT2D eigenvalue weighted by Gasteiger charge is -2.03. The molecule has 2 N–H and O–H groups in total. The number of carbonyl (C=O) groups is 1. The zero-order chi connectivity index (χ0) is 8.97. The largest absolute Gasteiger partial charge is 0.465 e. The van der Waals surface area contributed by atoms with Gasteiger partial charge in [-0.1, -0.05) is 0 Å². The summed E-state index contributed by atoms with van der Waals surface area (Å²) in [5.41, 5.74) is 0. The van der Waals surface area contributed by atoms with Crippen molar-refractivity contribution in [3.8, 4) is 0 Å². The van der Waals surface area contributed by atoms with Crippen LogP contribution < -0.4 is 5.32 Å². The maximum atomic E-state index is 10.1. The van der Waals surface area contributed by atoms with Crippen molar-refractivity contribution in [2.45, 2.75) is 13.5 Å². The molecule has 0 bridgehead atoms. The molecule has 0 spiro atoms. The summed E-state index contributed by atoms with van der Waals surface area (Å²) in [7, 11) is 0. The van der Waals surface area contributed by atoms with Crippen LogP contribution in [0, 0.1) is 6.92 Å². The number of rotatable bonds is 3. The molecule has 12 heavy (non-hydrogen) atoms. The van der Waals surface area contributed by atoms with Crippen molar-refractivity contribution in [1.29, 1.82) is 0 Å². The molecule has 1 heterocycles. The van der Waals surface area contributed by atoms with E-state index in [1.54, 1.807) is 6.20 Å². The highest BCUT2D eigenvalue weighted by atomic mass is 16.4. The molecule has 1 rings (SSSR count). The average Bonchev–Trinajstić information content (AvgIpc) is 2.36. The van der Waals surface area contributed by atoms with E-state index in [4.69, 9.17) is 5.11 Å². The van der Waals surface area contributed by atoms with Crippen LogP contribution in [0.1, 0.15) is 5.82 Å². The van der Waals surface area contributed by atoms with Crippen molar-refractivity contribution >= 4 is 6.09 Å². The SMILES string of the molecule is Cc1nccn1CCNC(=O)O. The number of aromatic nitrogens is 2. The Morgan fingerprint density at radius 2 is 2.58 bits per heavy atom. The molecule has 0 unspecified atom stereocenters. The van der Waals surface area contributed by atoms with Gasteiger partial charge < -0.3 is 15.0 Å². The minimum absolute atomic E-state index is 0.409. The van der Waals surface area contributed by atoms with Crippen LogP contribution in [0.25, 0.3) is 0 Å². The highest BCUT2D eigenvalue weighted by Crippen LogP contribution is 1.92. The Kier molecular flexibility index (Phi) is 2.68. The lowest BCUT2D eigenvalue weighted by molar-refractivity contribution is 0.194. The number of hydrogen-bond donors (Lipinski definition) is 2. The molecule has 0 aliphatic carbocycles. The molecule has 5 nitrogen and oxygen atoms in total. The molecule has 0 atom stereocenters. The van der Waals surface area contributed by atoms with Crippen molar-refractivity contribution in [3.05, 3.63) is 18.2 Å².